The van der Waals surface area contributed by atoms with Crippen LogP contribution in [-0.2, 0) is 0 Å². The van der Waals surface area contributed by atoms with E-state index in [1.54, 1.807) is 6.20 Å². The zero-order chi connectivity index (χ0) is 30.2. The van der Waals surface area contributed by atoms with Crippen molar-refractivity contribution in [2.24, 2.45) is 0 Å². The Hall–Kier alpha value is -4.07. The van der Waals surface area contributed by atoms with Gasteiger partial charge >= 0.3 is 6.01 Å². The van der Waals surface area contributed by atoms with E-state index in [0.29, 0.717) is 34.1 Å². The standard InChI is InChI=1S/C34H34F2N6O2/c1-3-24-27(35)9-6-20-14-23(43)15-25(28(20)24)30-29(36)31-26(16-37-30)32(41-17-21-7-8-22(18-41)38-21)40-33(39-31)44-19(2)34-10-4-12-42(34)13-5-11-34/h1,6,9,14-16,19,21-22,38,43H,4-5,7-8,10-13,17-18H2,2H3. The molecular weight excluding hydrogens is 562 g/mol. The maximum absolute atomic E-state index is 16.8. The molecule has 4 fully saturated rings. The minimum absolute atomic E-state index is 0.0201. The van der Waals surface area contributed by atoms with E-state index >= 15 is 4.39 Å². The number of phenols is 1. The molecule has 0 spiro atoms. The lowest BCUT2D eigenvalue weighted by atomic mass is 9.88. The Balaban J connectivity index is 1.30. The molecule has 2 N–H and O–H groups in total. The molecule has 6 heterocycles. The van der Waals surface area contributed by atoms with Crippen LogP contribution in [0.4, 0.5) is 14.6 Å². The van der Waals surface area contributed by atoms with E-state index < -0.39 is 11.6 Å². The molecule has 2 aromatic carbocycles. The lowest BCUT2D eigenvalue weighted by molar-refractivity contribution is 0.0407. The summed E-state index contributed by atoms with van der Waals surface area (Å²) in [7, 11) is 0. The van der Waals surface area contributed by atoms with Crippen molar-refractivity contribution in [2.75, 3.05) is 31.1 Å². The molecule has 2 bridgehead atoms. The second kappa shape index (κ2) is 10.2. The molecule has 3 unspecified atom stereocenters. The number of hydrogen-bond acceptors (Lipinski definition) is 8. The predicted molar refractivity (Wildman–Crippen MR) is 165 cm³/mol. The third kappa shape index (κ3) is 4.20. The zero-order valence-electron chi connectivity index (χ0n) is 24.6. The van der Waals surface area contributed by atoms with Gasteiger partial charge in [-0.25, -0.2) is 8.78 Å². The number of fused-ring (bicyclic) bond motifs is 5. The lowest BCUT2D eigenvalue weighted by Crippen LogP contribution is -2.51. The molecule has 226 valence electrons. The van der Waals surface area contributed by atoms with Gasteiger partial charge in [0, 0.05) is 42.3 Å². The summed E-state index contributed by atoms with van der Waals surface area (Å²) in [5.74, 6) is 1.56. The van der Waals surface area contributed by atoms with Gasteiger partial charge in [-0.15, -0.1) is 6.42 Å². The summed E-state index contributed by atoms with van der Waals surface area (Å²) in [5, 5.41) is 15.4. The van der Waals surface area contributed by atoms with Crippen LogP contribution in [0, 0.1) is 24.0 Å². The van der Waals surface area contributed by atoms with Crippen LogP contribution in [0.1, 0.15) is 51.0 Å². The molecule has 4 saturated heterocycles. The van der Waals surface area contributed by atoms with Gasteiger partial charge in [0.2, 0.25) is 0 Å². The Morgan fingerprint density at radius 3 is 2.59 bits per heavy atom. The van der Waals surface area contributed by atoms with E-state index in [1.165, 1.54) is 24.3 Å². The van der Waals surface area contributed by atoms with Crippen LogP contribution < -0.4 is 15.0 Å². The van der Waals surface area contributed by atoms with E-state index in [2.05, 4.69) is 37.9 Å². The second-order valence-corrected chi connectivity index (χ2v) is 12.8. The molecule has 0 aliphatic carbocycles. The Bertz CT molecular complexity index is 1840. The van der Waals surface area contributed by atoms with Crippen LogP contribution in [0.25, 0.3) is 32.9 Å². The number of benzene rings is 2. The zero-order valence-corrected chi connectivity index (χ0v) is 24.6. The summed E-state index contributed by atoms with van der Waals surface area (Å²) >= 11 is 0. The fraction of sp³-hybridized carbons (Fsp3) is 0.441. The quantitative estimate of drug-likeness (QED) is 0.306. The van der Waals surface area contributed by atoms with Crippen molar-refractivity contribution >= 4 is 27.5 Å². The first-order valence-corrected chi connectivity index (χ1v) is 15.6. The first-order valence-electron chi connectivity index (χ1n) is 15.6. The number of ether oxygens (including phenoxy) is 1. The number of phenolic OH excluding ortho intramolecular Hbond substituents is 1. The molecule has 10 heteroatoms. The third-order valence-corrected chi connectivity index (χ3v) is 10.4. The summed E-state index contributed by atoms with van der Waals surface area (Å²) in [6.07, 6.45) is 13.6. The maximum Gasteiger partial charge on any atom is 0.319 e. The van der Waals surface area contributed by atoms with Gasteiger partial charge in [0.15, 0.2) is 5.82 Å². The number of anilines is 1. The van der Waals surface area contributed by atoms with E-state index in [4.69, 9.17) is 16.1 Å². The molecule has 8 nitrogen and oxygen atoms in total. The maximum atomic E-state index is 16.8. The van der Waals surface area contributed by atoms with Gasteiger partial charge in [-0.1, -0.05) is 12.0 Å². The fourth-order valence-electron chi connectivity index (χ4n) is 8.31. The van der Waals surface area contributed by atoms with Gasteiger partial charge < -0.3 is 20.1 Å². The summed E-state index contributed by atoms with van der Waals surface area (Å²) in [4.78, 5) is 18.8. The fourth-order valence-corrected chi connectivity index (χ4v) is 8.31. The molecule has 4 aliphatic heterocycles. The highest BCUT2D eigenvalue weighted by molar-refractivity contribution is 6.03. The largest absolute Gasteiger partial charge is 0.508 e. The number of rotatable bonds is 5. The number of terminal acetylenes is 1. The topological polar surface area (TPSA) is 86.6 Å². The molecule has 4 aliphatic rings. The molecule has 0 radical (unpaired) electrons. The smallest absolute Gasteiger partial charge is 0.319 e. The molecule has 4 aromatic rings. The van der Waals surface area contributed by atoms with Crippen molar-refractivity contribution in [1.29, 1.82) is 0 Å². The highest BCUT2D eigenvalue weighted by atomic mass is 19.1. The van der Waals surface area contributed by atoms with Gasteiger partial charge in [0.05, 0.1) is 16.5 Å². The third-order valence-electron chi connectivity index (χ3n) is 10.4. The number of pyridine rings is 1. The van der Waals surface area contributed by atoms with Gasteiger partial charge in [0.25, 0.3) is 0 Å². The average Bonchev–Trinajstić information content (AvgIpc) is 3.71. The average molecular weight is 597 g/mol. The van der Waals surface area contributed by atoms with Gasteiger partial charge in [0.1, 0.15) is 34.7 Å². The van der Waals surface area contributed by atoms with Crippen LogP contribution >= 0.6 is 0 Å². The Morgan fingerprint density at radius 1 is 1.11 bits per heavy atom. The Morgan fingerprint density at radius 2 is 1.86 bits per heavy atom. The number of aromatic hydroxyl groups is 1. The number of nitrogens with zero attached hydrogens (tertiary/aromatic N) is 5. The van der Waals surface area contributed by atoms with Crippen LogP contribution in [-0.4, -0.2) is 74.9 Å². The summed E-state index contributed by atoms with van der Waals surface area (Å²) < 4.78 is 38.2. The number of halogens is 2. The molecular formula is C34H34F2N6O2. The van der Waals surface area contributed by atoms with E-state index in [1.807, 2.05) is 0 Å². The lowest BCUT2D eigenvalue weighted by Gasteiger charge is -2.37. The van der Waals surface area contributed by atoms with Crippen molar-refractivity contribution in [2.45, 2.75) is 69.2 Å². The second-order valence-electron chi connectivity index (χ2n) is 12.8. The van der Waals surface area contributed by atoms with Crippen LogP contribution in [0.2, 0.25) is 0 Å². The van der Waals surface area contributed by atoms with E-state index in [0.717, 1.165) is 64.7 Å². The Labute approximate surface area is 254 Å². The van der Waals surface area contributed by atoms with Crippen molar-refractivity contribution in [3.8, 4) is 35.4 Å². The SMILES string of the molecule is C#Cc1c(F)ccc2cc(O)cc(-c3ncc4c(N5CC6CCC(C5)N6)nc(OC(C)C56CCCN5CCC6)nc4c3F)c12. The van der Waals surface area contributed by atoms with E-state index in [-0.39, 0.29) is 45.7 Å². The van der Waals surface area contributed by atoms with Crippen LogP contribution in [0.5, 0.6) is 11.8 Å². The molecule has 2 aromatic heterocycles. The number of aromatic nitrogens is 3. The highest BCUT2D eigenvalue weighted by Crippen LogP contribution is 2.43. The molecule has 3 atom stereocenters. The molecule has 0 amide bonds. The molecule has 44 heavy (non-hydrogen) atoms. The molecule has 8 rings (SSSR count). The highest BCUT2D eigenvalue weighted by Gasteiger charge is 2.49. The number of hydrogen-bond donors (Lipinski definition) is 2. The van der Waals surface area contributed by atoms with Crippen molar-refractivity contribution in [1.82, 2.24) is 25.2 Å². The summed E-state index contributed by atoms with van der Waals surface area (Å²) in [5.41, 5.74) is 0.0872. The summed E-state index contributed by atoms with van der Waals surface area (Å²) in [6, 6.07) is 6.38. The Kier molecular flexibility index (Phi) is 6.40. The molecule has 0 saturated carbocycles. The summed E-state index contributed by atoms with van der Waals surface area (Å²) in [6.45, 7) is 5.66. The van der Waals surface area contributed by atoms with Crippen molar-refractivity contribution in [3.63, 3.8) is 0 Å². The number of piperazine rings is 1. The van der Waals surface area contributed by atoms with Crippen molar-refractivity contribution in [3.05, 3.63) is 47.7 Å². The monoisotopic (exact) mass is 596 g/mol. The van der Waals surface area contributed by atoms with E-state index in [9.17, 15) is 9.50 Å². The van der Waals surface area contributed by atoms with Gasteiger partial charge in [-0.05, 0) is 82.1 Å². The van der Waals surface area contributed by atoms with Crippen LogP contribution in [0.15, 0.2) is 30.5 Å². The van der Waals surface area contributed by atoms with Gasteiger partial charge in [-0.2, -0.15) is 9.97 Å². The minimum atomic E-state index is -0.706. The predicted octanol–water partition coefficient (Wildman–Crippen LogP) is 5.15. The first kappa shape index (κ1) is 27.5. The minimum Gasteiger partial charge on any atom is -0.508 e. The van der Waals surface area contributed by atoms with Crippen LogP contribution in [0.3, 0.4) is 0 Å². The number of nitrogens with one attached hydrogen (secondary N) is 1. The normalized spacial score (nSPS) is 23.3. The van der Waals surface area contributed by atoms with Crippen molar-refractivity contribution < 1.29 is 18.6 Å². The first-order chi connectivity index (χ1) is 21.3. The van der Waals surface area contributed by atoms with Gasteiger partial charge in [-0.3, -0.25) is 9.88 Å².